The zero-order valence-electron chi connectivity index (χ0n) is 32.7. The zero-order valence-corrected chi connectivity index (χ0v) is 33.5. The molecule has 1 unspecified atom stereocenters. The highest BCUT2D eigenvalue weighted by Gasteiger charge is 2.38. The number of carbonyl (C=O) groups is 4. The van der Waals surface area contributed by atoms with Gasteiger partial charge >= 0.3 is 0 Å². The molecule has 3 heterocycles. The van der Waals surface area contributed by atoms with Crippen molar-refractivity contribution in [1.29, 1.82) is 0 Å². The fraction of sp³-hybridized carbons (Fsp3) is 0.590. The minimum Gasteiger partial charge on any atom is -0.363 e. The number of hydrogen-bond acceptors (Lipinski definition) is 11. The van der Waals surface area contributed by atoms with Crippen molar-refractivity contribution in [3.63, 3.8) is 0 Å². The largest absolute Gasteiger partial charge is 0.363 e. The van der Waals surface area contributed by atoms with Crippen LogP contribution in [0.5, 0.6) is 0 Å². The van der Waals surface area contributed by atoms with Crippen LogP contribution >= 0.6 is 11.8 Å². The summed E-state index contributed by atoms with van der Waals surface area (Å²) in [5.74, 6) is 10.1. The van der Waals surface area contributed by atoms with Crippen LogP contribution in [0.1, 0.15) is 53.4 Å². The monoisotopic (exact) mass is 777 g/mol. The summed E-state index contributed by atoms with van der Waals surface area (Å²) in [4.78, 5) is 62.0. The summed E-state index contributed by atoms with van der Waals surface area (Å²) in [5.41, 5.74) is 0. The molecule has 15 nitrogen and oxygen atoms in total. The fourth-order valence-corrected chi connectivity index (χ4v) is 6.99. The third-order valence-electron chi connectivity index (χ3n) is 9.79. The summed E-state index contributed by atoms with van der Waals surface area (Å²) in [6, 6.07) is 7.00. The Labute approximate surface area is 328 Å². The predicted octanol–water partition coefficient (Wildman–Crippen LogP) is 1.05. The lowest BCUT2D eigenvalue weighted by molar-refractivity contribution is -0.141. The van der Waals surface area contributed by atoms with Gasteiger partial charge in [-0.05, 0) is 91.4 Å². The zero-order chi connectivity index (χ0) is 39.7. The fourth-order valence-electron chi connectivity index (χ4n) is 6.16. The summed E-state index contributed by atoms with van der Waals surface area (Å²) < 4.78 is 13.6. The summed E-state index contributed by atoms with van der Waals surface area (Å²) in [6.07, 6.45) is 3.67. The van der Waals surface area contributed by atoms with E-state index >= 15 is 0 Å². The smallest absolute Gasteiger partial charge is 0.248 e. The average molecular weight is 778 g/mol. The van der Waals surface area contributed by atoms with Gasteiger partial charge < -0.3 is 40.5 Å². The van der Waals surface area contributed by atoms with Gasteiger partial charge in [0, 0.05) is 24.5 Å². The van der Waals surface area contributed by atoms with Gasteiger partial charge in [-0.1, -0.05) is 41.8 Å². The van der Waals surface area contributed by atoms with Gasteiger partial charge in [-0.25, -0.2) is 9.67 Å². The molecule has 1 aromatic carbocycles. The van der Waals surface area contributed by atoms with E-state index < -0.39 is 36.4 Å². The first-order chi connectivity index (χ1) is 26.5. The summed E-state index contributed by atoms with van der Waals surface area (Å²) in [7, 11) is 3.36. The molecule has 2 aliphatic heterocycles. The molecule has 7 atom stereocenters. The van der Waals surface area contributed by atoms with Crippen molar-refractivity contribution >= 4 is 35.4 Å². The number of rotatable bonds is 18. The summed E-state index contributed by atoms with van der Waals surface area (Å²) >= 11 is 1.51. The maximum absolute atomic E-state index is 14.1. The molecular weight excluding hydrogens is 723 g/mol. The molecule has 0 aliphatic carbocycles. The molecule has 2 aliphatic rings. The molecule has 4 rings (SSSR count). The van der Waals surface area contributed by atoms with Crippen LogP contribution in [-0.2, 0) is 35.2 Å². The Morgan fingerprint density at radius 3 is 1.95 bits per heavy atom. The molecule has 0 saturated carbocycles. The van der Waals surface area contributed by atoms with E-state index in [0.717, 1.165) is 35.7 Å². The number of aromatic nitrogens is 3. The van der Waals surface area contributed by atoms with Crippen molar-refractivity contribution in [2.24, 2.45) is 0 Å². The van der Waals surface area contributed by atoms with Gasteiger partial charge in [-0.2, -0.15) is 5.10 Å². The Morgan fingerprint density at radius 1 is 0.818 bits per heavy atom. The predicted molar refractivity (Wildman–Crippen MR) is 208 cm³/mol. The van der Waals surface area contributed by atoms with Crippen molar-refractivity contribution in [3.05, 3.63) is 36.7 Å². The average Bonchev–Trinajstić information content (AvgIpc) is 4.00. The SMILES string of the molecule is CN[C@@H](C)C(=O)N[C@H](C(=O)N1CCC[C@H]1Cn1ncnc1Sc1ccccc1)C(C)OCC#CC#CCO[C@H](C)[C@H](NC(=O)[C@H](C)NC)C(=O)N1CCCC1. The lowest BCUT2D eigenvalue weighted by Crippen LogP contribution is -2.58. The van der Waals surface area contributed by atoms with Crippen LogP contribution in [0.3, 0.4) is 0 Å². The maximum atomic E-state index is 14.1. The first-order valence-corrected chi connectivity index (χ1v) is 19.7. The quantitative estimate of drug-likeness (QED) is 0.160. The Balaban J connectivity index is 1.34. The van der Waals surface area contributed by atoms with Gasteiger partial charge in [0.25, 0.3) is 0 Å². The molecule has 2 aromatic rings. The summed E-state index contributed by atoms with van der Waals surface area (Å²) in [5, 5.41) is 16.7. The third-order valence-corrected chi connectivity index (χ3v) is 10.8. The van der Waals surface area contributed by atoms with E-state index in [1.54, 1.807) is 46.7 Å². The van der Waals surface area contributed by atoms with Crippen molar-refractivity contribution in [2.75, 3.05) is 46.9 Å². The Kier molecular flexibility index (Phi) is 17.5. The van der Waals surface area contributed by atoms with Gasteiger partial charge in [0.15, 0.2) is 5.16 Å². The van der Waals surface area contributed by atoms with E-state index in [1.165, 1.54) is 18.1 Å². The maximum Gasteiger partial charge on any atom is 0.248 e. The van der Waals surface area contributed by atoms with Crippen molar-refractivity contribution < 1.29 is 28.7 Å². The van der Waals surface area contributed by atoms with Crippen LogP contribution in [0.4, 0.5) is 0 Å². The van der Waals surface area contributed by atoms with E-state index in [-0.39, 0.29) is 42.9 Å². The van der Waals surface area contributed by atoms with Crippen molar-refractivity contribution in [2.45, 2.75) is 112 Å². The molecule has 2 fully saturated rings. The molecule has 4 amide bonds. The normalized spacial score (nSPS) is 18.5. The number of ether oxygens (including phenoxy) is 2. The summed E-state index contributed by atoms with van der Waals surface area (Å²) in [6.45, 7) is 9.21. The highest BCUT2D eigenvalue weighted by Crippen LogP contribution is 2.27. The molecule has 0 spiro atoms. The van der Waals surface area contributed by atoms with Crippen LogP contribution < -0.4 is 21.3 Å². The highest BCUT2D eigenvalue weighted by atomic mass is 32.2. The number of likely N-dealkylation sites (N-methyl/N-ethyl adjacent to an activating group) is 2. The topological polar surface area (TPSA) is 172 Å². The van der Waals surface area contributed by atoms with E-state index in [1.807, 2.05) is 39.9 Å². The minimum absolute atomic E-state index is 0.00136. The van der Waals surface area contributed by atoms with E-state index in [0.29, 0.717) is 26.2 Å². The molecule has 55 heavy (non-hydrogen) atoms. The molecule has 16 heteroatoms. The van der Waals surface area contributed by atoms with Gasteiger partial charge in [0.05, 0.1) is 36.9 Å². The Hall–Kier alpha value is -4.45. The van der Waals surface area contributed by atoms with Crippen molar-refractivity contribution in [1.82, 2.24) is 45.8 Å². The number of nitrogens with zero attached hydrogens (tertiary/aromatic N) is 5. The second-order valence-corrected chi connectivity index (χ2v) is 14.7. The van der Waals surface area contributed by atoms with Gasteiger partial charge in [-0.15, -0.1) is 0 Å². The van der Waals surface area contributed by atoms with Crippen molar-refractivity contribution in [3.8, 4) is 23.7 Å². The van der Waals surface area contributed by atoms with Gasteiger partial charge in [0.1, 0.15) is 31.6 Å². The Bertz CT molecular complexity index is 1700. The van der Waals surface area contributed by atoms with Crippen LogP contribution in [-0.4, -0.2) is 138 Å². The molecule has 298 valence electrons. The van der Waals surface area contributed by atoms with E-state index in [2.05, 4.69) is 55.0 Å². The molecular formula is C39H55N9O6S. The number of hydrogen-bond donors (Lipinski definition) is 4. The molecule has 4 N–H and O–H groups in total. The molecule has 0 bridgehead atoms. The van der Waals surface area contributed by atoms with E-state index in [4.69, 9.17) is 9.47 Å². The second kappa shape index (κ2) is 22.2. The molecule has 2 saturated heterocycles. The van der Waals surface area contributed by atoms with E-state index in [9.17, 15) is 19.2 Å². The molecule has 1 aromatic heterocycles. The van der Waals surface area contributed by atoms with Gasteiger partial charge in [0.2, 0.25) is 23.6 Å². The number of nitrogens with one attached hydrogen (secondary N) is 4. The van der Waals surface area contributed by atoms with Crippen LogP contribution in [0, 0.1) is 23.7 Å². The lowest BCUT2D eigenvalue weighted by atomic mass is 10.1. The number of carbonyl (C=O) groups excluding carboxylic acids is 4. The first-order valence-electron chi connectivity index (χ1n) is 18.9. The standard InChI is InChI=1S/C39H55N9O6S/c1-27(40-5)35(49)44-33(37(51)46-20-12-13-21-46)29(3)53-23-14-7-8-15-24-54-30(4)34(45-36(50)28(2)41-6)38(52)47-22-16-17-31(47)25-48-39(42-26-43-48)55-32-18-10-9-11-19-32/h9-11,18-19,26-31,33-34,40-41H,12-13,16-17,20-25H2,1-6H3,(H,44,49)(H,45,50)/t27-,28-,29+,30?,31-,33-,34-/m0/s1. The second-order valence-electron chi connectivity index (χ2n) is 13.6. The number of likely N-dealkylation sites (tertiary alicyclic amines) is 2. The van der Waals surface area contributed by atoms with Gasteiger partial charge in [-0.3, -0.25) is 19.2 Å². The number of amides is 4. The van der Waals surface area contributed by atoms with Crippen LogP contribution in [0.2, 0.25) is 0 Å². The first kappa shape index (κ1) is 43.3. The van der Waals surface area contributed by atoms with Crippen LogP contribution in [0.15, 0.2) is 46.7 Å². The highest BCUT2D eigenvalue weighted by molar-refractivity contribution is 7.99. The Morgan fingerprint density at radius 2 is 1.38 bits per heavy atom. The van der Waals surface area contributed by atoms with Crippen LogP contribution in [0.25, 0.3) is 0 Å². The lowest BCUT2D eigenvalue weighted by Gasteiger charge is -2.32. The minimum atomic E-state index is -0.951. The third kappa shape index (κ3) is 12.8. The number of benzene rings is 1. The molecule has 0 radical (unpaired) electrons.